The molecule has 0 amide bonds. The van der Waals surface area contributed by atoms with Gasteiger partial charge in [-0.25, -0.2) is 0 Å². The predicted octanol–water partition coefficient (Wildman–Crippen LogP) is 12.4. The maximum Gasteiger partial charge on any atom is 0.0464 e. The van der Waals surface area contributed by atoms with Crippen LogP contribution in [0.2, 0.25) is 0 Å². The van der Waals surface area contributed by atoms with E-state index in [1.807, 2.05) is 11.3 Å². The highest BCUT2D eigenvalue weighted by molar-refractivity contribution is 7.25. The van der Waals surface area contributed by atoms with Gasteiger partial charge in [-0.1, -0.05) is 115 Å². The highest BCUT2D eigenvalue weighted by atomic mass is 32.1. The van der Waals surface area contributed by atoms with Crippen LogP contribution in [0.1, 0.15) is 22.3 Å². The Hall–Kier alpha value is -5.44. The lowest BCUT2D eigenvalue weighted by atomic mass is 9.99. The van der Waals surface area contributed by atoms with Gasteiger partial charge in [0.15, 0.2) is 0 Å². The molecule has 0 spiro atoms. The van der Waals surface area contributed by atoms with Crippen LogP contribution in [0, 0.1) is 0 Å². The molecule has 8 aromatic rings. The van der Waals surface area contributed by atoms with Crippen molar-refractivity contribution >= 4 is 48.6 Å². The zero-order valence-corrected chi connectivity index (χ0v) is 26.2. The Morgan fingerprint density at radius 3 is 1.74 bits per heavy atom. The third-order valence-corrected chi connectivity index (χ3v) is 10.5. The molecule has 1 heterocycles. The molecule has 10 rings (SSSR count). The van der Waals surface area contributed by atoms with Gasteiger partial charge >= 0.3 is 0 Å². The Morgan fingerprint density at radius 1 is 0.391 bits per heavy atom. The molecule has 2 aliphatic carbocycles. The number of benzene rings is 7. The summed E-state index contributed by atoms with van der Waals surface area (Å²) in [7, 11) is 0. The first-order valence-electron chi connectivity index (χ1n) is 15.9. The lowest BCUT2D eigenvalue weighted by Gasteiger charge is -2.26. The van der Waals surface area contributed by atoms with E-state index in [1.54, 1.807) is 0 Å². The molecule has 7 aromatic carbocycles. The third kappa shape index (κ3) is 4.53. The van der Waals surface area contributed by atoms with E-state index in [0.717, 1.165) is 12.8 Å². The maximum absolute atomic E-state index is 2.34. The molecule has 0 unspecified atom stereocenters. The first-order chi connectivity index (χ1) is 22.8. The van der Waals surface area contributed by atoms with E-state index >= 15 is 0 Å². The van der Waals surface area contributed by atoms with E-state index in [0.29, 0.717) is 0 Å². The van der Waals surface area contributed by atoms with Crippen LogP contribution in [0.15, 0.2) is 164 Å². The monoisotopic (exact) mass is 605 g/mol. The van der Waals surface area contributed by atoms with Crippen LogP contribution in [-0.2, 0) is 12.8 Å². The van der Waals surface area contributed by atoms with Crippen molar-refractivity contribution in [3.63, 3.8) is 0 Å². The number of rotatable bonds is 3. The standard InChI is InChI=1S/C25H19N.C19H12S/c1-3-10-21(11-4-1)26(22-12-5-2-6-13-22)23-15-16-25-20(18-23)17-19-9-7-8-14-24(19)25;1-2-6-14-12(5-1)11-13-9-10-17-19(18(13)14)15-7-3-4-8-16(15)20-17/h1-16,18H,17H2;1-10H,11H2. The lowest BCUT2D eigenvalue weighted by molar-refractivity contribution is 1.23. The number of thiophene rings is 1. The summed E-state index contributed by atoms with van der Waals surface area (Å²) < 4.78 is 2.79. The van der Waals surface area contributed by atoms with Gasteiger partial charge in [-0.05, 0) is 106 Å². The van der Waals surface area contributed by atoms with Crippen molar-refractivity contribution in [2.24, 2.45) is 0 Å². The SMILES string of the molecule is c1ccc(N(c2ccccc2)c2ccc3c(c2)Cc2ccccc2-3)cc1.c1ccc2c(c1)Cc1ccc3sc4ccccc4c3c1-2. The predicted molar refractivity (Wildman–Crippen MR) is 197 cm³/mol. The van der Waals surface area contributed by atoms with E-state index in [4.69, 9.17) is 0 Å². The number of nitrogens with zero attached hydrogens (tertiary/aromatic N) is 1. The normalized spacial score (nSPS) is 12.2. The second-order valence-electron chi connectivity index (χ2n) is 12.1. The van der Waals surface area contributed by atoms with Gasteiger partial charge in [0.05, 0.1) is 0 Å². The Morgan fingerprint density at radius 2 is 0.978 bits per heavy atom. The molecule has 0 bridgehead atoms. The molecule has 0 fully saturated rings. The van der Waals surface area contributed by atoms with Crippen molar-refractivity contribution in [1.29, 1.82) is 0 Å². The molecule has 2 heteroatoms. The highest BCUT2D eigenvalue weighted by Gasteiger charge is 2.23. The van der Waals surface area contributed by atoms with Gasteiger partial charge in [0, 0.05) is 37.2 Å². The van der Waals surface area contributed by atoms with Crippen LogP contribution in [0.4, 0.5) is 17.1 Å². The van der Waals surface area contributed by atoms with Crippen molar-refractivity contribution in [2.75, 3.05) is 4.90 Å². The molecule has 0 aliphatic heterocycles. The molecule has 0 N–H and O–H groups in total. The minimum absolute atomic E-state index is 1.01. The van der Waals surface area contributed by atoms with Gasteiger partial charge in [-0.3, -0.25) is 0 Å². The minimum Gasteiger partial charge on any atom is -0.310 e. The summed E-state index contributed by atoms with van der Waals surface area (Å²) in [5.41, 5.74) is 15.0. The van der Waals surface area contributed by atoms with Crippen molar-refractivity contribution < 1.29 is 0 Å². The molecular weight excluding hydrogens is 575 g/mol. The average Bonchev–Trinajstić information content (AvgIpc) is 3.80. The Bertz CT molecular complexity index is 2330. The van der Waals surface area contributed by atoms with Gasteiger partial charge in [0.2, 0.25) is 0 Å². The molecule has 218 valence electrons. The van der Waals surface area contributed by atoms with Crippen LogP contribution in [0.25, 0.3) is 42.4 Å². The number of fused-ring (bicyclic) bond motifs is 10. The molecule has 1 nitrogen and oxygen atoms in total. The van der Waals surface area contributed by atoms with Gasteiger partial charge in [0.25, 0.3) is 0 Å². The van der Waals surface area contributed by atoms with Crippen molar-refractivity contribution in [3.05, 3.63) is 186 Å². The molecule has 0 saturated carbocycles. The summed E-state index contributed by atoms with van der Waals surface area (Å²) in [6, 6.07) is 58.9. The topological polar surface area (TPSA) is 3.24 Å². The molecule has 0 atom stereocenters. The van der Waals surface area contributed by atoms with Crippen molar-refractivity contribution in [1.82, 2.24) is 0 Å². The molecular formula is C44H31NS. The summed E-state index contributed by atoms with van der Waals surface area (Å²) in [4.78, 5) is 2.32. The zero-order valence-electron chi connectivity index (χ0n) is 25.4. The molecule has 46 heavy (non-hydrogen) atoms. The van der Waals surface area contributed by atoms with Crippen molar-refractivity contribution in [2.45, 2.75) is 12.8 Å². The molecule has 0 saturated heterocycles. The number of hydrogen-bond acceptors (Lipinski definition) is 2. The molecule has 0 radical (unpaired) electrons. The fourth-order valence-electron chi connectivity index (χ4n) is 7.31. The van der Waals surface area contributed by atoms with Gasteiger partial charge in [-0.2, -0.15) is 0 Å². The number of para-hydroxylation sites is 2. The molecule has 2 aliphatic rings. The zero-order chi connectivity index (χ0) is 30.5. The fraction of sp³-hybridized carbons (Fsp3) is 0.0455. The maximum atomic E-state index is 2.34. The van der Waals surface area contributed by atoms with Crippen LogP contribution in [0.3, 0.4) is 0 Å². The number of hydrogen-bond donors (Lipinski definition) is 0. The van der Waals surface area contributed by atoms with E-state index in [1.165, 1.54) is 81.7 Å². The summed E-state index contributed by atoms with van der Waals surface area (Å²) in [6.07, 6.45) is 2.09. The van der Waals surface area contributed by atoms with Crippen molar-refractivity contribution in [3.8, 4) is 22.3 Å². The second kappa shape index (κ2) is 11.2. The first kappa shape index (κ1) is 26.9. The van der Waals surface area contributed by atoms with Gasteiger partial charge in [0.1, 0.15) is 0 Å². The average molecular weight is 606 g/mol. The number of anilines is 3. The summed E-state index contributed by atoms with van der Waals surface area (Å²) in [5, 5.41) is 2.86. The second-order valence-corrected chi connectivity index (χ2v) is 13.2. The Kier molecular flexibility index (Phi) is 6.54. The van der Waals surface area contributed by atoms with E-state index in [2.05, 4.69) is 169 Å². The summed E-state index contributed by atoms with van der Waals surface area (Å²) >= 11 is 1.90. The third-order valence-electron chi connectivity index (χ3n) is 9.36. The summed E-state index contributed by atoms with van der Waals surface area (Å²) in [5.74, 6) is 0. The Labute approximate surface area is 273 Å². The van der Waals surface area contributed by atoms with E-state index in [9.17, 15) is 0 Å². The van der Waals surface area contributed by atoms with Crippen LogP contribution in [-0.4, -0.2) is 0 Å². The molecule has 1 aromatic heterocycles. The van der Waals surface area contributed by atoms with Gasteiger partial charge < -0.3 is 4.90 Å². The van der Waals surface area contributed by atoms with Crippen LogP contribution in [0.5, 0.6) is 0 Å². The summed E-state index contributed by atoms with van der Waals surface area (Å²) in [6.45, 7) is 0. The van der Waals surface area contributed by atoms with Crippen LogP contribution >= 0.6 is 11.3 Å². The fourth-order valence-corrected chi connectivity index (χ4v) is 8.42. The largest absolute Gasteiger partial charge is 0.310 e. The van der Waals surface area contributed by atoms with E-state index < -0.39 is 0 Å². The van der Waals surface area contributed by atoms with Gasteiger partial charge in [-0.15, -0.1) is 11.3 Å². The quantitative estimate of drug-likeness (QED) is 0.194. The Balaban J connectivity index is 0.000000131. The first-order valence-corrected chi connectivity index (χ1v) is 16.8. The lowest BCUT2D eigenvalue weighted by Crippen LogP contribution is -2.09. The van der Waals surface area contributed by atoms with Crippen LogP contribution < -0.4 is 4.90 Å². The highest BCUT2D eigenvalue weighted by Crippen LogP contribution is 2.46. The van der Waals surface area contributed by atoms with E-state index in [-0.39, 0.29) is 0 Å². The minimum atomic E-state index is 1.01. The smallest absolute Gasteiger partial charge is 0.0464 e.